The van der Waals surface area contributed by atoms with Crippen molar-refractivity contribution in [1.82, 2.24) is 5.16 Å². The number of halogens is 1. The zero-order valence-electron chi connectivity index (χ0n) is 8.72. The molecule has 0 bridgehead atoms. The first-order valence-corrected chi connectivity index (χ1v) is 6.16. The largest absolute Gasteiger partial charge is 0.508 e. The molecule has 84 valence electrons. The molecule has 17 heavy (non-hydrogen) atoms. The Kier molecular flexibility index (Phi) is 2.51. The highest BCUT2D eigenvalue weighted by atomic mass is 127. The Morgan fingerprint density at radius 3 is 2.59 bits per heavy atom. The molecule has 0 unspecified atom stereocenters. The lowest BCUT2D eigenvalue weighted by Crippen LogP contribution is -1.78. The lowest BCUT2D eigenvalue weighted by atomic mass is 10.1. The van der Waals surface area contributed by atoms with Crippen LogP contribution in [0.5, 0.6) is 5.75 Å². The summed E-state index contributed by atoms with van der Waals surface area (Å²) in [7, 11) is 0. The van der Waals surface area contributed by atoms with Crippen molar-refractivity contribution in [2.24, 2.45) is 0 Å². The number of phenolic OH excluding ortho intramolecular Hbond substituents is 1. The number of aromatic nitrogens is 1. The topological polar surface area (TPSA) is 46.3 Å². The molecule has 0 aliphatic rings. The number of benzene rings is 2. The quantitative estimate of drug-likeness (QED) is 0.687. The molecule has 0 amide bonds. The van der Waals surface area contributed by atoms with Gasteiger partial charge in [-0.15, -0.1) is 0 Å². The molecule has 0 atom stereocenters. The molecule has 0 spiro atoms. The third-order valence-corrected chi connectivity index (χ3v) is 3.29. The van der Waals surface area contributed by atoms with Crippen LogP contribution in [0.15, 0.2) is 47.0 Å². The Labute approximate surface area is 111 Å². The van der Waals surface area contributed by atoms with Crippen LogP contribution in [0.25, 0.3) is 22.2 Å². The van der Waals surface area contributed by atoms with Gasteiger partial charge in [0.25, 0.3) is 0 Å². The Bertz CT molecular complexity index is 673. The van der Waals surface area contributed by atoms with Gasteiger partial charge in [-0.1, -0.05) is 17.3 Å². The highest BCUT2D eigenvalue weighted by Gasteiger charge is 2.10. The van der Waals surface area contributed by atoms with Gasteiger partial charge in [0, 0.05) is 20.6 Å². The Morgan fingerprint density at radius 2 is 1.82 bits per heavy atom. The lowest BCUT2D eigenvalue weighted by molar-refractivity contribution is 0.451. The molecule has 2 aromatic carbocycles. The van der Waals surface area contributed by atoms with Gasteiger partial charge in [-0.3, -0.25) is 0 Å². The van der Waals surface area contributed by atoms with Crippen molar-refractivity contribution in [3.8, 4) is 17.0 Å². The Balaban J connectivity index is 2.21. The monoisotopic (exact) mass is 337 g/mol. The van der Waals surface area contributed by atoms with Crippen LogP contribution in [0.1, 0.15) is 0 Å². The number of phenols is 1. The molecule has 0 aliphatic carbocycles. The minimum Gasteiger partial charge on any atom is -0.508 e. The van der Waals surface area contributed by atoms with E-state index in [-0.39, 0.29) is 5.75 Å². The summed E-state index contributed by atoms with van der Waals surface area (Å²) in [5.74, 6) is 0.183. The van der Waals surface area contributed by atoms with E-state index in [0.29, 0.717) is 5.58 Å². The lowest BCUT2D eigenvalue weighted by Gasteiger charge is -1.97. The van der Waals surface area contributed by atoms with Gasteiger partial charge in [-0.2, -0.15) is 0 Å². The standard InChI is InChI=1S/C13H8INO2/c14-9-3-1-8(2-4-9)13-11-6-5-10(16)7-12(11)17-15-13/h1-7,16H. The van der Waals surface area contributed by atoms with Gasteiger partial charge >= 0.3 is 0 Å². The molecular weight excluding hydrogens is 329 g/mol. The molecular formula is C13H8INO2. The molecule has 0 aliphatic heterocycles. The van der Waals surface area contributed by atoms with E-state index in [4.69, 9.17) is 4.52 Å². The minimum absolute atomic E-state index is 0.183. The molecule has 1 N–H and O–H groups in total. The summed E-state index contributed by atoms with van der Waals surface area (Å²) in [6, 6.07) is 13.1. The van der Waals surface area contributed by atoms with Gasteiger partial charge in [0.1, 0.15) is 11.4 Å². The van der Waals surface area contributed by atoms with E-state index < -0.39 is 0 Å². The number of fused-ring (bicyclic) bond motifs is 1. The Morgan fingerprint density at radius 1 is 1.06 bits per heavy atom. The van der Waals surface area contributed by atoms with Crippen LogP contribution in [0.2, 0.25) is 0 Å². The molecule has 0 saturated heterocycles. The molecule has 3 aromatic rings. The number of hydrogen-bond donors (Lipinski definition) is 1. The van der Waals surface area contributed by atoms with Crippen LogP contribution in [-0.2, 0) is 0 Å². The molecule has 0 saturated carbocycles. The molecule has 1 aromatic heterocycles. The van der Waals surface area contributed by atoms with E-state index >= 15 is 0 Å². The van der Waals surface area contributed by atoms with Crippen molar-refractivity contribution >= 4 is 33.6 Å². The summed E-state index contributed by atoms with van der Waals surface area (Å²) in [6.45, 7) is 0. The van der Waals surface area contributed by atoms with Gasteiger partial charge in [0.2, 0.25) is 0 Å². The average Bonchev–Trinajstić information content (AvgIpc) is 2.73. The summed E-state index contributed by atoms with van der Waals surface area (Å²) in [6.07, 6.45) is 0. The van der Waals surface area contributed by atoms with Crippen molar-refractivity contribution in [2.75, 3.05) is 0 Å². The smallest absolute Gasteiger partial charge is 0.171 e. The average molecular weight is 337 g/mol. The molecule has 3 nitrogen and oxygen atoms in total. The first kappa shape index (κ1) is 10.6. The maximum Gasteiger partial charge on any atom is 0.171 e. The highest BCUT2D eigenvalue weighted by molar-refractivity contribution is 14.1. The van der Waals surface area contributed by atoms with E-state index in [1.165, 1.54) is 3.57 Å². The maximum atomic E-state index is 9.36. The van der Waals surface area contributed by atoms with Crippen LogP contribution in [0, 0.1) is 3.57 Å². The van der Waals surface area contributed by atoms with Crippen molar-refractivity contribution in [2.45, 2.75) is 0 Å². The SMILES string of the molecule is Oc1ccc2c(-c3ccc(I)cc3)noc2c1. The zero-order valence-corrected chi connectivity index (χ0v) is 10.9. The number of aromatic hydroxyl groups is 1. The second kappa shape index (κ2) is 4.03. The minimum atomic E-state index is 0.183. The van der Waals surface area contributed by atoms with E-state index in [1.54, 1.807) is 12.1 Å². The summed E-state index contributed by atoms with van der Waals surface area (Å²) in [4.78, 5) is 0. The number of nitrogens with zero attached hydrogens (tertiary/aromatic N) is 1. The van der Waals surface area contributed by atoms with Gasteiger partial charge in [0.05, 0.1) is 0 Å². The first-order chi connectivity index (χ1) is 8.24. The van der Waals surface area contributed by atoms with Gasteiger partial charge < -0.3 is 9.63 Å². The number of rotatable bonds is 1. The second-order valence-corrected chi connectivity index (χ2v) is 4.96. The zero-order chi connectivity index (χ0) is 11.8. The Hall–Kier alpha value is -1.56. The summed E-state index contributed by atoms with van der Waals surface area (Å²) < 4.78 is 6.38. The van der Waals surface area contributed by atoms with E-state index in [0.717, 1.165) is 16.6 Å². The molecule has 0 radical (unpaired) electrons. The van der Waals surface area contributed by atoms with Crippen LogP contribution in [0.3, 0.4) is 0 Å². The highest BCUT2D eigenvalue weighted by Crippen LogP contribution is 2.30. The molecule has 0 fully saturated rings. The van der Waals surface area contributed by atoms with E-state index in [9.17, 15) is 5.11 Å². The second-order valence-electron chi connectivity index (χ2n) is 3.72. The normalized spacial score (nSPS) is 10.9. The fourth-order valence-corrected chi connectivity index (χ4v) is 2.10. The summed E-state index contributed by atoms with van der Waals surface area (Å²) in [5, 5.41) is 14.3. The third-order valence-electron chi connectivity index (χ3n) is 2.57. The maximum absolute atomic E-state index is 9.36. The predicted molar refractivity (Wildman–Crippen MR) is 73.8 cm³/mol. The molecule has 3 rings (SSSR count). The van der Waals surface area contributed by atoms with Crippen molar-refractivity contribution in [3.05, 3.63) is 46.0 Å². The molecule has 4 heteroatoms. The summed E-state index contributed by atoms with van der Waals surface area (Å²) in [5.41, 5.74) is 2.41. The fraction of sp³-hybridized carbons (Fsp3) is 0. The van der Waals surface area contributed by atoms with Crippen molar-refractivity contribution < 1.29 is 9.63 Å². The van der Waals surface area contributed by atoms with Gasteiger partial charge in [-0.25, -0.2) is 0 Å². The summed E-state index contributed by atoms with van der Waals surface area (Å²) >= 11 is 2.26. The van der Waals surface area contributed by atoms with E-state index in [2.05, 4.69) is 27.7 Å². The first-order valence-electron chi connectivity index (χ1n) is 5.08. The fourth-order valence-electron chi connectivity index (χ4n) is 1.74. The molecule has 1 heterocycles. The predicted octanol–water partition coefficient (Wildman–Crippen LogP) is 3.81. The van der Waals surface area contributed by atoms with Crippen molar-refractivity contribution in [1.29, 1.82) is 0 Å². The van der Waals surface area contributed by atoms with Gasteiger partial charge in [0.15, 0.2) is 5.58 Å². The van der Waals surface area contributed by atoms with Crippen LogP contribution < -0.4 is 0 Å². The van der Waals surface area contributed by atoms with Crippen LogP contribution in [-0.4, -0.2) is 10.3 Å². The van der Waals surface area contributed by atoms with Gasteiger partial charge in [-0.05, 0) is 46.9 Å². The number of hydrogen-bond acceptors (Lipinski definition) is 3. The van der Waals surface area contributed by atoms with Crippen molar-refractivity contribution in [3.63, 3.8) is 0 Å². The third kappa shape index (κ3) is 1.88. The van der Waals surface area contributed by atoms with Crippen LogP contribution >= 0.6 is 22.6 Å². The van der Waals surface area contributed by atoms with E-state index in [1.807, 2.05) is 30.3 Å². The van der Waals surface area contributed by atoms with Crippen LogP contribution in [0.4, 0.5) is 0 Å².